The van der Waals surface area contributed by atoms with Crippen molar-refractivity contribution in [2.45, 2.75) is 20.0 Å². The quantitative estimate of drug-likeness (QED) is 0.768. The maximum Gasteiger partial charge on any atom is 0.167 e. The Morgan fingerprint density at radius 1 is 1.13 bits per heavy atom. The molecule has 0 aliphatic heterocycles. The molecule has 0 bridgehead atoms. The minimum absolute atomic E-state index is 0.0461. The zero-order chi connectivity index (χ0) is 16.8. The molecular weight excluding hydrogens is 296 g/mol. The van der Waals surface area contributed by atoms with Crippen LogP contribution in [0.2, 0.25) is 0 Å². The van der Waals surface area contributed by atoms with Crippen LogP contribution >= 0.6 is 0 Å². The van der Waals surface area contributed by atoms with Gasteiger partial charge in [-0.2, -0.15) is 0 Å². The van der Waals surface area contributed by atoms with Gasteiger partial charge in [0, 0.05) is 0 Å². The molecule has 0 heterocycles. The number of carbonyl (C=O) groups excluding carboxylic acids is 1. The van der Waals surface area contributed by atoms with Crippen LogP contribution < -0.4 is 9.47 Å². The number of aliphatic hydroxyl groups excluding tert-OH is 1. The van der Waals surface area contributed by atoms with Crippen LogP contribution in [0.25, 0.3) is 0 Å². The Kier molecular flexibility index (Phi) is 5.60. The van der Waals surface area contributed by atoms with Crippen LogP contribution in [0.15, 0.2) is 42.5 Å². The van der Waals surface area contributed by atoms with Crippen LogP contribution in [0, 0.1) is 6.92 Å². The average molecular weight is 316 g/mol. The van der Waals surface area contributed by atoms with Gasteiger partial charge in [-0.25, -0.2) is 0 Å². The smallest absolute Gasteiger partial charge is 0.167 e. The molecule has 0 amide bonds. The van der Waals surface area contributed by atoms with E-state index in [0.717, 1.165) is 5.56 Å². The van der Waals surface area contributed by atoms with Crippen molar-refractivity contribution in [2.75, 3.05) is 13.2 Å². The summed E-state index contributed by atoms with van der Waals surface area (Å²) in [6.07, 6.45) is -0.863. The van der Waals surface area contributed by atoms with Crippen LogP contribution in [-0.4, -0.2) is 35.3 Å². The number of phenolic OH excluding ortho intramolecular Hbond substituents is 1. The number of Topliss-reactive ketones (excluding diaryl/α,β-unsaturated/α-hetero) is 1. The lowest BCUT2D eigenvalue weighted by Crippen LogP contribution is -2.25. The second-order valence-corrected chi connectivity index (χ2v) is 5.30. The number of rotatable bonds is 7. The number of ether oxygens (including phenoxy) is 2. The number of aromatic hydroxyl groups is 1. The summed E-state index contributed by atoms with van der Waals surface area (Å²) in [5.74, 6) is 0.474. The predicted octanol–water partition coefficient (Wildman–Crippen LogP) is 2.72. The third-order valence-corrected chi connectivity index (χ3v) is 3.22. The van der Waals surface area contributed by atoms with Gasteiger partial charge in [0.25, 0.3) is 0 Å². The van der Waals surface area contributed by atoms with Gasteiger partial charge in [-0.15, -0.1) is 0 Å². The largest absolute Gasteiger partial charge is 0.507 e. The van der Waals surface area contributed by atoms with Gasteiger partial charge in [0.2, 0.25) is 0 Å². The van der Waals surface area contributed by atoms with Crippen molar-refractivity contribution < 1.29 is 24.5 Å². The van der Waals surface area contributed by atoms with Crippen LogP contribution in [-0.2, 0) is 0 Å². The lowest BCUT2D eigenvalue weighted by molar-refractivity contribution is 0.0619. The third-order valence-electron chi connectivity index (χ3n) is 3.22. The van der Waals surface area contributed by atoms with E-state index in [9.17, 15) is 15.0 Å². The first kappa shape index (κ1) is 16.8. The summed E-state index contributed by atoms with van der Waals surface area (Å²) in [6.45, 7) is 3.32. The molecule has 0 aliphatic rings. The minimum Gasteiger partial charge on any atom is -0.507 e. The predicted molar refractivity (Wildman–Crippen MR) is 86.3 cm³/mol. The average Bonchev–Trinajstić information content (AvgIpc) is 2.50. The molecule has 0 aliphatic carbocycles. The molecule has 0 saturated carbocycles. The highest BCUT2D eigenvalue weighted by molar-refractivity contribution is 5.99. The van der Waals surface area contributed by atoms with Gasteiger partial charge in [0.15, 0.2) is 5.78 Å². The van der Waals surface area contributed by atoms with E-state index >= 15 is 0 Å². The zero-order valence-electron chi connectivity index (χ0n) is 13.2. The van der Waals surface area contributed by atoms with Crippen LogP contribution in [0.4, 0.5) is 0 Å². The van der Waals surface area contributed by atoms with Crippen LogP contribution in [0.5, 0.6) is 17.2 Å². The van der Waals surface area contributed by atoms with Gasteiger partial charge in [0.05, 0.1) is 0 Å². The summed E-state index contributed by atoms with van der Waals surface area (Å²) in [6, 6.07) is 12.1. The molecule has 0 saturated heterocycles. The van der Waals surface area contributed by atoms with E-state index in [2.05, 4.69) is 0 Å². The van der Waals surface area contributed by atoms with Gasteiger partial charge < -0.3 is 19.7 Å². The van der Waals surface area contributed by atoms with E-state index in [4.69, 9.17) is 9.47 Å². The third kappa shape index (κ3) is 4.72. The molecule has 1 unspecified atom stereocenters. The number of benzene rings is 2. The Morgan fingerprint density at radius 3 is 2.52 bits per heavy atom. The highest BCUT2D eigenvalue weighted by atomic mass is 16.5. The Balaban J connectivity index is 1.91. The van der Waals surface area contributed by atoms with Crippen molar-refractivity contribution in [1.82, 2.24) is 0 Å². The van der Waals surface area contributed by atoms with E-state index in [0.29, 0.717) is 5.75 Å². The molecule has 2 aromatic carbocycles. The molecule has 0 spiro atoms. The number of aryl methyl sites for hydroxylation is 1. The first-order valence-corrected chi connectivity index (χ1v) is 7.30. The maximum absolute atomic E-state index is 11.5. The summed E-state index contributed by atoms with van der Waals surface area (Å²) in [5, 5.41) is 19.7. The van der Waals surface area contributed by atoms with E-state index < -0.39 is 6.10 Å². The molecular formula is C18H20O5. The van der Waals surface area contributed by atoms with Gasteiger partial charge in [-0.05, 0) is 43.7 Å². The summed E-state index contributed by atoms with van der Waals surface area (Å²) in [7, 11) is 0. The number of hydrogen-bond acceptors (Lipinski definition) is 5. The van der Waals surface area contributed by atoms with Crippen molar-refractivity contribution in [3.8, 4) is 17.2 Å². The van der Waals surface area contributed by atoms with Crippen molar-refractivity contribution in [3.63, 3.8) is 0 Å². The molecule has 0 radical (unpaired) electrons. The highest BCUT2D eigenvalue weighted by Gasteiger charge is 2.15. The van der Waals surface area contributed by atoms with E-state index in [1.807, 2.05) is 31.2 Å². The fraction of sp³-hybridized carbons (Fsp3) is 0.278. The molecule has 5 nitrogen and oxygen atoms in total. The Bertz CT molecular complexity index is 681. The summed E-state index contributed by atoms with van der Waals surface area (Å²) >= 11 is 0. The standard InChI is InChI=1S/C18H20O5/c1-12-5-3-6-15(9-12)22-10-14(20)11-23-17-8-4-7-16(21)18(17)13(2)19/h3-9,14,20-21H,10-11H2,1-2H3. The van der Waals surface area contributed by atoms with Crippen molar-refractivity contribution in [1.29, 1.82) is 0 Å². The molecule has 1 atom stereocenters. The molecule has 0 fully saturated rings. The van der Waals surface area contributed by atoms with Crippen molar-refractivity contribution >= 4 is 5.78 Å². The molecule has 2 aromatic rings. The lowest BCUT2D eigenvalue weighted by Gasteiger charge is -2.15. The van der Waals surface area contributed by atoms with Gasteiger partial charge in [-0.3, -0.25) is 4.79 Å². The van der Waals surface area contributed by atoms with Crippen molar-refractivity contribution in [3.05, 3.63) is 53.6 Å². The number of carbonyl (C=O) groups is 1. The molecule has 0 aromatic heterocycles. The van der Waals surface area contributed by atoms with Crippen molar-refractivity contribution in [2.24, 2.45) is 0 Å². The molecule has 5 heteroatoms. The Hall–Kier alpha value is -2.53. The second-order valence-electron chi connectivity index (χ2n) is 5.30. The molecule has 122 valence electrons. The molecule has 2 N–H and O–H groups in total. The normalized spacial score (nSPS) is 11.8. The fourth-order valence-electron chi connectivity index (χ4n) is 2.13. The molecule has 2 rings (SSSR count). The number of hydrogen-bond donors (Lipinski definition) is 2. The van der Waals surface area contributed by atoms with Gasteiger partial charge in [0.1, 0.15) is 42.1 Å². The number of ketones is 1. The summed E-state index contributed by atoms with van der Waals surface area (Å²) in [5.41, 5.74) is 1.18. The van der Waals surface area contributed by atoms with Crippen LogP contribution in [0.1, 0.15) is 22.8 Å². The van der Waals surface area contributed by atoms with E-state index in [-0.39, 0.29) is 36.1 Å². The van der Waals surface area contributed by atoms with E-state index in [1.165, 1.54) is 13.0 Å². The fourth-order valence-corrected chi connectivity index (χ4v) is 2.13. The number of phenols is 1. The first-order chi connectivity index (χ1) is 11.0. The highest BCUT2D eigenvalue weighted by Crippen LogP contribution is 2.28. The summed E-state index contributed by atoms with van der Waals surface area (Å²) < 4.78 is 10.9. The topological polar surface area (TPSA) is 76.0 Å². The van der Waals surface area contributed by atoms with E-state index in [1.54, 1.807) is 12.1 Å². The first-order valence-electron chi connectivity index (χ1n) is 7.30. The zero-order valence-corrected chi connectivity index (χ0v) is 13.2. The minimum atomic E-state index is -0.863. The summed E-state index contributed by atoms with van der Waals surface area (Å²) in [4.78, 5) is 11.5. The second kappa shape index (κ2) is 7.65. The number of aliphatic hydroxyl groups is 1. The SMILES string of the molecule is CC(=O)c1c(O)cccc1OCC(O)COc1cccc(C)c1. The maximum atomic E-state index is 11.5. The molecule has 23 heavy (non-hydrogen) atoms. The van der Waals surface area contributed by atoms with Gasteiger partial charge in [-0.1, -0.05) is 18.2 Å². The Labute approximate surface area is 135 Å². The van der Waals surface area contributed by atoms with Crippen LogP contribution in [0.3, 0.4) is 0 Å². The van der Waals surface area contributed by atoms with Gasteiger partial charge >= 0.3 is 0 Å². The Morgan fingerprint density at radius 2 is 1.83 bits per heavy atom. The monoisotopic (exact) mass is 316 g/mol. The lowest BCUT2D eigenvalue weighted by atomic mass is 10.1.